The van der Waals surface area contributed by atoms with Gasteiger partial charge in [-0.25, -0.2) is 4.79 Å². The van der Waals surface area contributed by atoms with Gasteiger partial charge in [0.05, 0.1) is 12.2 Å². The molecule has 2 N–H and O–H groups in total. The molecule has 23 heavy (non-hydrogen) atoms. The summed E-state index contributed by atoms with van der Waals surface area (Å²) in [4.78, 5) is 11.9. The molecule has 0 aromatic heterocycles. The molecular weight excluding hydrogens is 296 g/mol. The molecule has 0 aromatic carbocycles. The second-order valence-corrected chi connectivity index (χ2v) is 8.30. The lowest BCUT2D eigenvalue weighted by atomic mass is 9.48. The quantitative estimate of drug-likeness (QED) is 0.522. The predicted octanol–water partition coefficient (Wildman–Crippen LogP) is 1.46. The highest BCUT2D eigenvalue weighted by molar-refractivity contribution is 5.92. The Bertz CT molecular complexity index is 627. The Morgan fingerprint density at radius 2 is 2.04 bits per heavy atom. The Balaban J connectivity index is 1.64. The summed E-state index contributed by atoms with van der Waals surface area (Å²) < 4.78 is 11.5. The fourth-order valence-corrected chi connectivity index (χ4v) is 6.43. The number of epoxide rings is 1. The number of esters is 1. The van der Waals surface area contributed by atoms with E-state index in [9.17, 15) is 15.0 Å². The zero-order valence-electron chi connectivity index (χ0n) is 13.5. The summed E-state index contributed by atoms with van der Waals surface area (Å²) in [6.45, 7) is 2.60. The maximum atomic E-state index is 11.9. The number of hydrogen-bond acceptors (Lipinski definition) is 5. The first-order chi connectivity index (χ1) is 10.9. The smallest absolute Gasteiger partial charge is 0.334 e. The van der Waals surface area contributed by atoms with Gasteiger partial charge in [-0.15, -0.1) is 0 Å². The monoisotopic (exact) mass is 320 g/mol. The lowest BCUT2D eigenvalue weighted by Crippen LogP contribution is -2.67. The molecule has 0 radical (unpaired) electrons. The van der Waals surface area contributed by atoms with Gasteiger partial charge in [0.25, 0.3) is 0 Å². The van der Waals surface area contributed by atoms with E-state index in [1.54, 1.807) is 0 Å². The normalized spacial score (nSPS) is 54.4. The molecule has 1 spiro atoms. The van der Waals surface area contributed by atoms with Crippen LogP contribution in [0.15, 0.2) is 11.1 Å². The van der Waals surface area contributed by atoms with E-state index in [-0.39, 0.29) is 23.4 Å². The minimum atomic E-state index is -1.15. The second kappa shape index (κ2) is 4.19. The lowest BCUT2D eigenvalue weighted by Gasteiger charge is -2.57. The van der Waals surface area contributed by atoms with E-state index in [2.05, 4.69) is 6.92 Å². The van der Waals surface area contributed by atoms with Gasteiger partial charge in [0.15, 0.2) is 0 Å². The standard InChI is InChI=1S/C18H24O5/c1-16-7-5-10-11(9-22-15(10)20)12(16)6-8-17(21)13(19)3-2-4-14-18(16,17)23-14/h12-14,19,21H,2-9H2,1H3/t12?,13-,14+,16+,17-,18-/m1/s1. The molecule has 3 fully saturated rings. The molecule has 5 rings (SSSR count). The summed E-state index contributed by atoms with van der Waals surface area (Å²) in [5, 5.41) is 22.1. The first kappa shape index (κ1) is 14.4. The van der Waals surface area contributed by atoms with E-state index < -0.39 is 17.3 Å². The number of carbonyl (C=O) groups excluding carboxylic acids is 1. The Morgan fingerprint density at radius 3 is 2.87 bits per heavy atom. The number of ether oxygens (including phenoxy) is 2. The topological polar surface area (TPSA) is 79.3 Å². The van der Waals surface area contributed by atoms with Crippen molar-refractivity contribution in [2.45, 2.75) is 75.3 Å². The van der Waals surface area contributed by atoms with Gasteiger partial charge in [-0.05, 0) is 56.4 Å². The highest BCUT2D eigenvalue weighted by Crippen LogP contribution is 2.71. The largest absolute Gasteiger partial charge is 0.458 e. The fraction of sp³-hybridized carbons (Fsp3) is 0.833. The van der Waals surface area contributed by atoms with Crippen molar-refractivity contribution in [3.8, 4) is 0 Å². The summed E-state index contributed by atoms with van der Waals surface area (Å²) >= 11 is 0. The van der Waals surface area contributed by atoms with Crippen LogP contribution in [-0.4, -0.2) is 46.2 Å². The van der Waals surface area contributed by atoms with Crippen LogP contribution in [0.1, 0.15) is 51.9 Å². The molecule has 2 heterocycles. The first-order valence-electron chi connectivity index (χ1n) is 8.91. The predicted molar refractivity (Wildman–Crippen MR) is 80.5 cm³/mol. The number of carbonyl (C=O) groups is 1. The number of fused-ring (bicyclic) bond motifs is 2. The van der Waals surface area contributed by atoms with Crippen molar-refractivity contribution in [3.05, 3.63) is 11.1 Å². The van der Waals surface area contributed by atoms with Gasteiger partial charge in [-0.1, -0.05) is 6.92 Å². The summed E-state index contributed by atoms with van der Waals surface area (Å²) in [6.07, 6.45) is 4.61. The van der Waals surface area contributed by atoms with E-state index in [1.165, 1.54) is 0 Å². The third-order valence-electron chi connectivity index (χ3n) is 7.60. The van der Waals surface area contributed by atoms with E-state index in [4.69, 9.17) is 9.47 Å². The van der Waals surface area contributed by atoms with Gasteiger partial charge in [0.2, 0.25) is 0 Å². The van der Waals surface area contributed by atoms with E-state index in [1.807, 2.05) is 0 Å². The maximum absolute atomic E-state index is 11.9. The van der Waals surface area contributed by atoms with E-state index in [0.717, 1.165) is 36.8 Å². The maximum Gasteiger partial charge on any atom is 0.334 e. The molecule has 2 aliphatic heterocycles. The molecule has 0 aromatic rings. The molecule has 1 unspecified atom stereocenters. The zero-order valence-corrected chi connectivity index (χ0v) is 13.5. The van der Waals surface area contributed by atoms with Gasteiger partial charge < -0.3 is 19.7 Å². The van der Waals surface area contributed by atoms with Crippen LogP contribution < -0.4 is 0 Å². The molecule has 5 aliphatic rings. The van der Waals surface area contributed by atoms with Crippen molar-refractivity contribution in [2.24, 2.45) is 11.3 Å². The molecule has 5 nitrogen and oxygen atoms in total. The number of aliphatic hydroxyl groups excluding tert-OH is 1. The molecule has 3 aliphatic carbocycles. The average molecular weight is 320 g/mol. The van der Waals surface area contributed by atoms with Crippen molar-refractivity contribution in [3.63, 3.8) is 0 Å². The Hall–Kier alpha value is -0.910. The molecule has 0 bridgehead atoms. The molecule has 6 atom stereocenters. The van der Waals surface area contributed by atoms with Crippen LogP contribution in [0.3, 0.4) is 0 Å². The third kappa shape index (κ3) is 1.44. The Labute approximate surface area is 135 Å². The van der Waals surface area contributed by atoms with Gasteiger partial charge >= 0.3 is 5.97 Å². The SMILES string of the molecule is C[C@]12CCC3=C(COC3=O)C1CC[C@@]1(O)[C@H](O)CCC[C@@H]3O[C@]321. The lowest BCUT2D eigenvalue weighted by molar-refractivity contribution is -0.197. The van der Waals surface area contributed by atoms with Crippen LogP contribution in [0.25, 0.3) is 0 Å². The Kier molecular flexibility index (Phi) is 2.63. The van der Waals surface area contributed by atoms with Crippen molar-refractivity contribution in [1.82, 2.24) is 0 Å². The average Bonchev–Trinajstić information content (AvgIpc) is 3.16. The zero-order chi connectivity index (χ0) is 16.0. The fourth-order valence-electron chi connectivity index (χ4n) is 6.43. The number of cyclic esters (lactones) is 1. The van der Waals surface area contributed by atoms with Crippen LogP contribution in [0, 0.1) is 11.3 Å². The molecule has 0 amide bonds. The molecule has 5 heteroatoms. The highest BCUT2D eigenvalue weighted by atomic mass is 16.6. The minimum Gasteiger partial charge on any atom is -0.458 e. The number of hydrogen-bond donors (Lipinski definition) is 2. The number of aliphatic hydroxyl groups is 2. The van der Waals surface area contributed by atoms with Crippen molar-refractivity contribution in [2.75, 3.05) is 6.61 Å². The molecular formula is C18H24O5. The molecule has 2 saturated carbocycles. The molecule has 1 saturated heterocycles. The van der Waals surface area contributed by atoms with Gasteiger partial charge in [-0.2, -0.15) is 0 Å². The summed E-state index contributed by atoms with van der Waals surface area (Å²) in [5.41, 5.74) is -0.0407. The first-order valence-corrected chi connectivity index (χ1v) is 8.91. The second-order valence-electron chi connectivity index (χ2n) is 8.30. The Morgan fingerprint density at radius 1 is 1.22 bits per heavy atom. The van der Waals surface area contributed by atoms with Crippen LogP contribution >= 0.6 is 0 Å². The molecule has 126 valence electrons. The van der Waals surface area contributed by atoms with Crippen LogP contribution in [0.5, 0.6) is 0 Å². The van der Waals surface area contributed by atoms with Gasteiger partial charge in [0.1, 0.15) is 17.8 Å². The van der Waals surface area contributed by atoms with Crippen molar-refractivity contribution < 1.29 is 24.5 Å². The summed E-state index contributed by atoms with van der Waals surface area (Å²) in [6, 6.07) is 0. The van der Waals surface area contributed by atoms with Crippen molar-refractivity contribution in [1.29, 1.82) is 0 Å². The number of rotatable bonds is 0. The van der Waals surface area contributed by atoms with Gasteiger partial charge in [-0.3, -0.25) is 0 Å². The minimum absolute atomic E-state index is 0.0395. The van der Waals surface area contributed by atoms with Crippen molar-refractivity contribution >= 4 is 5.97 Å². The van der Waals surface area contributed by atoms with Crippen LogP contribution in [0.4, 0.5) is 0 Å². The third-order valence-corrected chi connectivity index (χ3v) is 7.60. The van der Waals surface area contributed by atoms with E-state index >= 15 is 0 Å². The highest BCUT2D eigenvalue weighted by Gasteiger charge is 2.81. The van der Waals surface area contributed by atoms with E-state index in [0.29, 0.717) is 25.9 Å². The van der Waals surface area contributed by atoms with Gasteiger partial charge in [0, 0.05) is 11.0 Å². The van der Waals surface area contributed by atoms with Crippen LogP contribution in [-0.2, 0) is 14.3 Å². The summed E-state index contributed by atoms with van der Waals surface area (Å²) in [7, 11) is 0. The van der Waals surface area contributed by atoms with Crippen LogP contribution in [0.2, 0.25) is 0 Å². The summed E-state index contributed by atoms with van der Waals surface area (Å²) in [5.74, 6) is 0.0582.